The highest BCUT2D eigenvalue weighted by Crippen LogP contribution is 2.30. The SMILES string of the molecule is C[C@H]1CNCCN1C(=O)c1ccc(Oc2ccc(C(F)(F)F)cn2)cc1.Cl.Cl. The average molecular weight is 438 g/mol. The maximum absolute atomic E-state index is 12.5. The van der Waals surface area contributed by atoms with Gasteiger partial charge in [0.15, 0.2) is 0 Å². The molecule has 1 aliphatic rings. The highest BCUT2D eigenvalue weighted by molar-refractivity contribution is 5.94. The quantitative estimate of drug-likeness (QED) is 0.782. The van der Waals surface area contributed by atoms with E-state index in [1.165, 1.54) is 0 Å². The summed E-state index contributed by atoms with van der Waals surface area (Å²) < 4.78 is 43.0. The molecule has 1 aromatic carbocycles. The van der Waals surface area contributed by atoms with E-state index in [2.05, 4.69) is 10.3 Å². The van der Waals surface area contributed by atoms with Gasteiger partial charge >= 0.3 is 6.18 Å². The number of hydrogen-bond acceptors (Lipinski definition) is 4. The van der Waals surface area contributed by atoms with Crippen molar-refractivity contribution in [2.24, 2.45) is 0 Å². The maximum Gasteiger partial charge on any atom is 0.417 e. The fourth-order valence-corrected chi connectivity index (χ4v) is 2.70. The normalized spacial score (nSPS) is 16.6. The summed E-state index contributed by atoms with van der Waals surface area (Å²) in [5.74, 6) is 0.383. The molecule has 2 aromatic rings. The number of carbonyl (C=O) groups is 1. The summed E-state index contributed by atoms with van der Waals surface area (Å²) in [6.07, 6.45) is -3.71. The Kier molecular flexibility index (Phi) is 8.53. The average Bonchev–Trinajstić information content (AvgIpc) is 2.62. The third-order valence-electron chi connectivity index (χ3n) is 4.15. The van der Waals surface area contributed by atoms with Gasteiger partial charge in [0, 0.05) is 43.5 Å². The van der Waals surface area contributed by atoms with Crippen LogP contribution >= 0.6 is 24.8 Å². The molecule has 28 heavy (non-hydrogen) atoms. The highest BCUT2D eigenvalue weighted by Gasteiger charge is 2.30. The maximum atomic E-state index is 12.5. The largest absolute Gasteiger partial charge is 0.439 e. The highest BCUT2D eigenvalue weighted by atomic mass is 35.5. The number of hydrogen-bond donors (Lipinski definition) is 1. The Hall–Kier alpha value is -2.03. The van der Waals surface area contributed by atoms with Crippen molar-refractivity contribution in [3.63, 3.8) is 0 Å². The predicted octanol–water partition coefficient (Wildman–Crippen LogP) is 4.17. The predicted molar refractivity (Wildman–Crippen MR) is 104 cm³/mol. The van der Waals surface area contributed by atoms with Crippen LogP contribution in [-0.4, -0.2) is 41.5 Å². The van der Waals surface area contributed by atoms with Gasteiger partial charge in [0.1, 0.15) is 5.75 Å². The van der Waals surface area contributed by atoms with E-state index in [1.54, 1.807) is 24.3 Å². The van der Waals surface area contributed by atoms with Crippen LogP contribution in [0.4, 0.5) is 13.2 Å². The van der Waals surface area contributed by atoms with Gasteiger partial charge in [-0.25, -0.2) is 4.98 Å². The third-order valence-corrected chi connectivity index (χ3v) is 4.15. The molecule has 1 saturated heterocycles. The topological polar surface area (TPSA) is 54.5 Å². The lowest BCUT2D eigenvalue weighted by atomic mass is 10.1. The third kappa shape index (κ3) is 5.73. The second-order valence-corrected chi connectivity index (χ2v) is 6.06. The number of benzene rings is 1. The van der Waals surface area contributed by atoms with Gasteiger partial charge in [-0.05, 0) is 37.3 Å². The van der Waals surface area contributed by atoms with E-state index < -0.39 is 11.7 Å². The Morgan fingerprint density at radius 3 is 2.39 bits per heavy atom. The molecule has 1 fully saturated rings. The van der Waals surface area contributed by atoms with Crippen molar-refractivity contribution in [3.8, 4) is 11.6 Å². The minimum atomic E-state index is -4.44. The summed E-state index contributed by atoms with van der Waals surface area (Å²) in [4.78, 5) is 18.0. The van der Waals surface area contributed by atoms with Crippen LogP contribution in [0.1, 0.15) is 22.8 Å². The Bertz CT molecular complexity index is 771. The molecule has 0 radical (unpaired) electrons. The van der Waals surface area contributed by atoms with E-state index >= 15 is 0 Å². The van der Waals surface area contributed by atoms with E-state index in [-0.39, 0.29) is 42.6 Å². The standard InChI is InChI=1S/C18H18F3N3O2.2ClH/c1-12-10-22-8-9-24(12)17(25)13-2-5-15(6-3-13)26-16-7-4-14(11-23-16)18(19,20)21;;/h2-7,11-12,22H,8-10H2,1H3;2*1H/t12-;;/m0../s1. The smallest absolute Gasteiger partial charge is 0.417 e. The number of amides is 1. The Labute approximate surface area is 173 Å². The van der Waals surface area contributed by atoms with Crippen LogP contribution < -0.4 is 10.1 Å². The van der Waals surface area contributed by atoms with Gasteiger partial charge in [-0.2, -0.15) is 13.2 Å². The number of aromatic nitrogens is 1. The number of piperazine rings is 1. The van der Waals surface area contributed by atoms with Crippen molar-refractivity contribution in [2.75, 3.05) is 19.6 Å². The molecule has 1 amide bonds. The van der Waals surface area contributed by atoms with Crippen LogP contribution in [0.5, 0.6) is 11.6 Å². The molecule has 2 heterocycles. The molecule has 154 valence electrons. The molecule has 10 heteroatoms. The van der Waals surface area contributed by atoms with Gasteiger partial charge in [-0.1, -0.05) is 0 Å². The fraction of sp³-hybridized carbons (Fsp3) is 0.333. The second kappa shape index (κ2) is 9.95. The molecule has 1 aromatic heterocycles. The van der Waals surface area contributed by atoms with Crippen molar-refractivity contribution in [1.82, 2.24) is 15.2 Å². The number of carbonyl (C=O) groups excluding carboxylic acids is 1. The molecule has 0 saturated carbocycles. The zero-order valence-corrected chi connectivity index (χ0v) is 16.5. The van der Waals surface area contributed by atoms with Crippen LogP contribution in [-0.2, 0) is 6.18 Å². The van der Waals surface area contributed by atoms with Crippen LogP contribution in [0.2, 0.25) is 0 Å². The molecule has 1 N–H and O–H groups in total. The lowest BCUT2D eigenvalue weighted by Gasteiger charge is -2.34. The molecule has 0 unspecified atom stereocenters. The zero-order chi connectivity index (χ0) is 18.7. The Balaban J connectivity index is 0.00000196. The van der Waals surface area contributed by atoms with Crippen molar-refractivity contribution >= 4 is 30.7 Å². The van der Waals surface area contributed by atoms with Crippen molar-refractivity contribution in [3.05, 3.63) is 53.7 Å². The molecule has 0 aliphatic carbocycles. The first-order valence-electron chi connectivity index (χ1n) is 8.17. The summed E-state index contributed by atoms with van der Waals surface area (Å²) in [6.45, 7) is 4.15. The summed E-state index contributed by atoms with van der Waals surface area (Å²) in [7, 11) is 0. The van der Waals surface area contributed by atoms with E-state index in [1.807, 2.05) is 11.8 Å². The van der Waals surface area contributed by atoms with Gasteiger partial charge in [0.05, 0.1) is 5.56 Å². The van der Waals surface area contributed by atoms with Gasteiger partial charge in [-0.15, -0.1) is 24.8 Å². The first kappa shape index (κ1) is 24.0. The Morgan fingerprint density at radius 2 is 1.86 bits per heavy atom. The number of rotatable bonds is 3. The molecule has 1 atom stereocenters. The van der Waals surface area contributed by atoms with Crippen LogP contribution in [0.15, 0.2) is 42.6 Å². The van der Waals surface area contributed by atoms with Crippen molar-refractivity contribution in [2.45, 2.75) is 19.1 Å². The number of nitrogens with zero attached hydrogens (tertiary/aromatic N) is 2. The summed E-state index contributed by atoms with van der Waals surface area (Å²) in [5.41, 5.74) is -0.303. The number of nitrogens with one attached hydrogen (secondary N) is 1. The second-order valence-electron chi connectivity index (χ2n) is 6.06. The summed E-state index contributed by atoms with van der Waals surface area (Å²) in [5, 5.41) is 3.23. The van der Waals surface area contributed by atoms with Gasteiger partial charge in [-0.3, -0.25) is 4.79 Å². The van der Waals surface area contributed by atoms with E-state index in [0.29, 0.717) is 17.9 Å². The van der Waals surface area contributed by atoms with Crippen LogP contribution in [0.3, 0.4) is 0 Å². The molecule has 1 aliphatic heterocycles. The van der Waals surface area contributed by atoms with E-state index in [9.17, 15) is 18.0 Å². The lowest BCUT2D eigenvalue weighted by Crippen LogP contribution is -2.52. The minimum absolute atomic E-state index is 0. The minimum Gasteiger partial charge on any atom is -0.439 e. The summed E-state index contributed by atoms with van der Waals surface area (Å²) in [6, 6.07) is 8.64. The molecule has 0 bridgehead atoms. The molecule has 5 nitrogen and oxygen atoms in total. The molecular weight excluding hydrogens is 418 g/mol. The fourth-order valence-electron chi connectivity index (χ4n) is 2.70. The number of alkyl halides is 3. The first-order valence-corrected chi connectivity index (χ1v) is 8.17. The van der Waals surface area contributed by atoms with Crippen LogP contribution in [0.25, 0.3) is 0 Å². The zero-order valence-electron chi connectivity index (χ0n) is 14.9. The summed E-state index contributed by atoms with van der Waals surface area (Å²) >= 11 is 0. The Morgan fingerprint density at radius 1 is 1.18 bits per heavy atom. The van der Waals surface area contributed by atoms with E-state index in [0.717, 1.165) is 31.4 Å². The monoisotopic (exact) mass is 437 g/mol. The number of pyridine rings is 1. The van der Waals surface area contributed by atoms with E-state index in [4.69, 9.17) is 4.74 Å². The number of halogens is 5. The van der Waals surface area contributed by atoms with Crippen LogP contribution in [0, 0.1) is 0 Å². The number of ether oxygens (including phenoxy) is 1. The van der Waals surface area contributed by atoms with Gasteiger partial charge in [0.25, 0.3) is 5.91 Å². The lowest BCUT2D eigenvalue weighted by molar-refractivity contribution is -0.137. The molecule has 3 rings (SSSR count). The van der Waals surface area contributed by atoms with Crippen molar-refractivity contribution in [1.29, 1.82) is 0 Å². The molecule has 0 spiro atoms. The molecular formula is C18H20Cl2F3N3O2. The van der Waals surface area contributed by atoms with Gasteiger partial charge < -0.3 is 15.0 Å². The van der Waals surface area contributed by atoms with Gasteiger partial charge in [0.2, 0.25) is 5.88 Å². The van der Waals surface area contributed by atoms with Crippen molar-refractivity contribution < 1.29 is 22.7 Å². The first-order chi connectivity index (χ1) is 12.3.